The van der Waals surface area contributed by atoms with Gasteiger partial charge in [-0.05, 0) is 18.2 Å². The van der Waals surface area contributed by atoms with Crippen LogP contribution in [0.3, 0.4) is 0 Å². The molecule has 0 spiro atoms. The van der Waals surface area contributed by atoms with Gasteiger partial charge in [0, 0.05) is 30.4 Å². The van der Waals surface area contributed by atoms with E-state index >= 15 is 0 Å². The van der Waals surface area contributed by atoms with Crippen LogP contribution in [0.15, 0.2) is 60.7 Å². The Morgan fingerprint density at radius 2 is 1.73 bits per heavy atom. The summed E-state index contributed by atoms with van der Waals surface area (Å²) in [5, 5.41) is 3.11. The van der Waals surface area contributed by atoms with E-state index in [0.717, 1.165) is 30.2 Å². The molecule has 0 radical (unpaired) electrons. The number of nitrogens with one attached hydrogen (secondary N) is 1. The van der Waals surface area contributed by atoms with E-state index in [0.29, 0.717) is 24.8 Å². The molecule has 4 rings (SSSR count). The van der Waals surface area contributed by atoms with Crippen LogP contribution in [0, 0.1) is 5.82 Å². The van der Waals surface area contributed by atoms with Crippen LogP contribution < -0.4 is 10.2 Å². The molecule has 2 heterocycles. The minimum Gasteiger partial charge on any atom is -0.378 e. The number of benzene rings is 2. The summed E-state index contributed by atoms with van der Waals surface area (Å²) in [5.41, 5.74) is 2.44. The summed E-state index contributed by atoms with van der Waals surface area (Å²) in [6.45, 7) is 2.92. The van der Waals surface area contributed by atoms with Crippen LogP contribution in [-0.2, 0) is 4.74 Å². The first-order valence-corrected chi connectivity index (χ1v) is 8.58. The van der Waals surface area contributed by atoms with E-state index in [2.05, 4.69) is 20.2 Å². The van der Waals surface area contributed by atoms with Gasteiger partial charge in [0.15, 0.2) is 0 Å². The Morgan fingerprint density at radius 3 is 2.50 bits per heavy atom. The predicted molar refractivity (Wildman–Crippen MR) is 100 cm³/mol. The van der Waals surface area contributed by atoms with Crippen LogP contribution in [0.4, 0.5) is 21.8 Å². The summed E-state index contributed by atoms with van der Waals surface area (Å²) < 4.78 is 18.9. The number of halogens is 1. The summed E-state index contributed by atoms with van der Waals surface area (Å²) in [6, 6.07) is 18.2. The first-order valence-electron chi connectivity index (χ1n) is 8.58. The first-order chi connectivity index (χ1) is 12.8. The number of hydrogen-bond acceptors (Lipinski definition) is 5. The van der Waals surface area contributed by atoms with Crippen LogP contribution in [0.25, 0.3) is 11.3 Å². The second-order valence-electron chi connectivity index (χ2n) is 6.04. The lowest BCUT2D eigenvalue weighted by Gasteiger charge is -2.28. The standard InChI is InChI=1S/C20H19FN4O/c21-16-7-4-8-17(13-16)22-20-23-18(15-5-2-1-3-6-15)14-19(24-20)25-9-11-26-12-10-25/h1-8,13-14H,9-12H2,(H,22,23,24). The van der Waals surface area contributed by atoms with Gasteiger partial charge in [-0.15, -0.1) is 0 Å². The van der Waals surface area contributed by atoms with Gasteiger partial charge < -0.3 is 15.0 Å². The summed E-state index contributed by atoms with van der Waals surface area (Å²) in [5.74, 6) is 0.974. The Kier molecular flexibility index (Phi) is 4.75. The molecule has 1 fully saturated rings. The molecule has 5 nitrogen and oxygen atoms in total. The molecule has 0 aliphatic carbocycles. The third kappa shape index (κ3) is 3.81. The van der Waals surface area contributed by atoms with Crippen LogP contribution in [0.2, 0.25) is 0 Å². The Labute approximate surface area is 151 Å². The molecule has 132 valence electrons. The Hall–Kier alpha value is -2.99. The van der Waals surface area contributed by atoms with Gasteiger partial charge in [-0.2, -0.15) is 4.98 Å². The van der Waals surface area contributed by atoms with Gasteiger partial charge in [0.2, 0.25) is 5.95 Å². The van der Waals surface area contributed by atoms with Crippen molar-refractivity contribution >= 4 is 17.5 Å². The quantitative estimate of drug-likeness (QED) is 0.774. The van der Waals surface area contributed by atoms with Crippen molar-refractivity contribution in [2.45, 2.75) is 0 Å². The molecule has 26 heavy (non-hydrogen) atoms. The normalized spacial score (nSPS) is 14.3. The lowest BCUT2D eigenvalue weighted by Crippen LogP contribution is -2.36. The maximum absolute atomic E-state index is 13.5. The SMILES string of the molecule is Fc1cccc(Nc2nc(-c3ccccc3)cc(N3CCOCC3)n2)c1. The fraction of sp³-hybridized carbons (Fsp3) is 0.200. The molecule has 3 aromatic rings. The van der Waals surface area contributed by atoms with Crippen molar-refractivity contribution in [1.82, 2.24) is 9.97 Å². The van der Waals surface area contributed by atoms with E-state index in [1.165, 1.54) is 12.1 Å². The third-order valence-corrected chi connectivity index (χ3v) is 4.20. The molecular formula is C20H19FN4O. The smallest absolute Gasteiger partial charge is 0.229 e. The lowest BCUT2D eigenvalue weighted by molar-refractivity contribution is 0.122. The zero-order chi connectivity index (χ0) is 17.8. The largest absolute Gasteiger partial charge is 0.378 e. The molecule has 1 saturated heterocycles. The monoisotopic (exact) mass is 350 g/mol. The highest BCUT2D eigenvalue weighted by Gasteiger charge is 2.16. The van der Waals surface area contributed by atoms with Crippen LogP contribution in [0.1, 0.15) is 0 Å². The molecular weight excluding hydrogens is 331 g/mol. The first kappa shape index (κ1) is 16.5. The average molecular weight is 350 g/mol. The van der Waals surface area contributed by atoms with Gasteiger partial charge in [-0.3, -0.25) is 0 Å². The lowest BCUT2D eigenvalue weighted by atomic mass is 10.1. The van der Waals surface area contributed by atoms with Crippen molar-refractivity contribution in [3.8, 4) is 11.3 Å². The van der Waals surface area contributed by atoms with Crippen molar-refractivity contribution in [2.24, 2.45) is 0 Å². The van der Waals surface area contributed by atoms with Gasteiger partial charge in [-0.25, -0.2) is 9.37 Å². The molecule has 0 bridgehead atoms. The second kappa shape index (κ2) is 7.49. The number of nitrogens with zero attached hydrogens (tertiary/aromatic N) is 3. The molecule has 1 N–H and O–H groups in total. The summed E-state index contributed by atoms with van der Waals surface area (Å²) in [7, 11) is 0. The number of rotatable bonds is 4. The minimum absolute atomic E-state index is 0.303. The van der Waals surface area contributed by atoms with Crippen molar-refractivity contribution in [1.29, 1.82) is 0 Å². The Bertz CT molecular complexity index is 882. The molecule has 0 unspecified atom stereocenters. The maximum atomic E-state index is 13.5. The van der Waals surface area contributed by atoms with Gasteiger partial charge in [0.05, 0.1) is 18.9 Å². The molecule has 6 heteroatoms. The minimum atomic E-state index is -0.303. The van der Waals surface area contributed by atoms with E-state index in [9.17, 15) is 4.39 Å². The molecule has 1 aliphatic heterocycles. The van der Waals surface area contributed by atoms with Crippen molar-refractivity contribution < 1.29 is 9.13 Å². The molecule has 1 aromatic heterocycles. The van der Waals surface area contributed by atoms with E-state index < -0.39 is 0 Å². The molecule has 2 aromatic carbocycles. The van der Waals surface area contributed by atoms with Gasteiger partial charge in [0.1, 0.15) is 11.6 Å². The predicted octanol–water partition coefficient (Wildman–Crippen LogP) is 3.86. The maximum Gasteiger partial charge on any atom is 0.229 e. The number of morpholine rings is 1. The molecule has 0 saturated carbocycles. The highest BCUT2D eigenvalue weighted by molar-refractivity contribution is 5.66. The summed E-state index contributed by atoms with van der Waals surface area (Å²) in [4.78, 5) is 11.4. The highest BCUT2D eigenvalue weighted by atomic mass is 19.1. The zero-order valence-electron chi connectivity index (χ0n) is 14.2. The van der Waals surface area contributed by atoms with Gasteiger partial charge in [0.25, 0.3) is 0 Å². The van der Waals surface area contributed by atoms with Gasteiger partial charge >= 0.3 is 0 Å². The van der Waals surface area contributed by atoms with E-state index in [1.54, 1.807) is 12.1 Å². The van der Waals surface area contributed by atoms with Crippen LogP contribution in [0.5, 0.6) is 0 Å². The van der Waals surface area contributed by atoms with E-state index in [4.69, 9.17) is 4.74 Å². The van der Waals surface area contributed by atoms with Crippen molar-refractivity contribution in [3.05, 3.63) is 66.5 Å². The van der Waals surface area contributed by atoms with E-state index in [-0.39, 0.29) is 5.82 Å². The highest BCUT2D eigenvalue weighted by Crippen LogP contribution is 2.25. The van der Waals surface area contributed by atoms with Crippen molar-refractivity contribution in [3.63, 3.8) is 0 Å². The molecule has 0 atom stereocenters. The zero-order valence-corrected chi connectivity index (χ0v) is 14.2. The van der Waals surface area contributed by atoms with Crippen LogP contribution >= 0.6 is 0 Å². The Morgan fingerprint density at radius 1 is 0.923 bits per heavy atom. The summed E-state index contributed by atoms with van der Waals surface area (Å²) >= 11 is 0. The third-order valence-electron chi connectivity index (χ3n) is 4.20. The van der Waals surface area contributed by atoms with Crippen molar-refractivity contribution in [2.75, 3.05) is 36.5 Å². The Balaban J connectivity index is 1.72. The summed E-state index contributed by atoms with van der Waals surface area (Å²) in [6.07, 6.45) is 0. The number of aromatic nitrogens is 2. The number of hydrogen-bond donors (Lipinski definition) is 1. The fourth-order valence-electron chi connectivity index (χ4n) is 2.90. The topological polar surface area (TPSA) is 50.3 Å². The molecule has 0 amide bonds. The van der Waals surface area contributed by atoms with Crippen LogP contribution in [-0.4, -0.2) is 36.3 Å². The van der Waals surface area contributed by atoms with E-state index in [1.807, 2.05) is 36.4 Å². The second-order valence-corrected chi connectivity index (χ2v) is 6.04. The number of ether oxygens (including phenoxy) is 1. The number of anilines is 3. The molecule has 1 aliphatic rings. The van der Waals surface area contributed by atoms with Gasteiger partial charge in [-0.1, -0.05) is 36.4 Å². The fourth-order valence-corrected chi connectivity index (χ4v) is 2.90. The average Bonchev–Trinajstić information content (AvgIpc) is 2.69.